The molecule has 0 bridgehead atoms. The van der Waals surface area contributed by atoms with Crippen LogP contribution in [0.15, 0.2) is 30.6 Å². The van der Waals surface area contributed by atoms with Gasteiger partial charge in [0.25, 0.3) is 0 Å². The van der Waals surface area contributed by atoms with Gasteiger partial charge < -0.3 is 19.3 Å². The third kappa shape index (κ3) is 4.25. The summed E-state index contributed by atoms with van der Waals surface area (Å²) in [5.74, 6) is 1.92. The first-order valence-electron chi connectivity index (χ1n) is 11.4. The molecule has 1 aromatic carbocycles. The summed E-state index contributed by atoms with van der Waals surface area (Å²) in [6.07, 6.45) is 4.20. The number of piperidine rings is 1. The van der Waals surface area contributed by atoms with Crippen LogP contribution >= 0.6 is 0 Å². The van der Waals surface area contributed by atoms with Gasteiger partial charge in [-0.1, -0.05) is 0 Å². The van der Waals surface area contributed by atoms with Crippen LogP contribution in [-0.2, 0) is 9.53 Å². The molecule has 174 valence electrons. The molecule has 9 heteroatoms. The number of methoxy groups -OCH3 is 1. The van der Waals surface area contributed by atoms with Gasteiger partial charge in [-0.25, -0.2) is 9.97 Å². The number of hydrogen-bond acceptors (Lipinski definition) is 7. The van der Waals surface area contributed by atoms with Crippen LogP contribution in [0.2, 0.25) is 0 Å². The second-order valence-electron chi connectivity index (χ2n) is 9.34. The molecule has 1 N–H and O–H groups in total. The lowest BCUT2D eigenvalue weighted by atomic mass is 9.77. The minimum absolute atomic E-state index is 0.0502. The molecule has 0 radical (unpaired) electrons. The molecule has 0 aliphatic carbocycles. The largest absolute Gasteiger partial charge is 0.488 e. The molecule has 1 amide bonds. The first-order valence-corrected chi connectivity index (χ1v) is 11.4. The number of nitrogens with zero attached hydrogens (tertiary/aromatic N) is 5. The predicted octanol–water partition coefficient (Wildman–Crippen LogP) is 2.88. The lowest BCUT2D eigenvalue weighted by Gasteiger charge is -2.39. The molecule has 9 nitrogen and oxygen atoms in total. The van der Waals surface area contributed by atoms with E-state index >= 15 is 0 Å². The van der Waals surface area contributed by atoms with E-state index in [4.69, 9.17) is 9.47 Å². The minimum Gasteiger partial charge on any atom is -0.488 e. The van der Waals surface area contributed by atoms with E-state index in [1.807, 2.05) is 43.1 Å². The van der Waals surface area contributed by atoms with E-state index in [0.717, 1.165) is 66.3 Å². The second kappa shape index (κ2) is 8.62. The Morgan fingerprint density at radius 1 is 1.21 bits per heavy atom. The first-order chi connectivity index (χ1) is 16.0. The first kappa shape index (κ1) is 21.6. The van der Waals surface area contributed by atoms with E-state index in [1.165, 1.54) is 0 Å². The summed E-state index contributed by atoms with van der Waals surface area (Å²) in [4.78, 5) is 25.3. The second-order valence-corrected chi connectivity index (χ2v) is 9.34. The zero-order valence-corrected chi connectivity index (χ0v) is 19.4. The number of nitrogens with one attached hydrogen (secondary N) is 1. The molecule has 1 atom stereocenters. The molecule has 0 saturated carbocycles. The quantitative estimate of drug-likeness (QED) is 0.617. The number of hydrogen-bond donors (Lipinski definition) is 1. The van der Waals surface area contributed by atoms with Gasteiger partial charge >= 0.3 is 0 Å². The van der Waals surface area contributed by atoms with Crippen molar-refractivity contribution in [2.45, 2.75) is 32.3 Å². The van der Waals surface area contributed by atoms with E-state index in [-0.39, 0.29) is 17.4 Å². The topological polar surface area (TPSA) is 96.5 Å². The number of anilines is 1. The van der Waals surface area contributed by atoms with Gasteiger partial charge in [0.15, 0.2) is 0 Å². The van der Waals surface area contributed by atoms with Crippen LogP contribution in [0.4, 0.5) is 5.82 Å². The van der Waals surface area contributed by atoms with Crippen molar-refractivity contribution in [3.63, 3.8) is 0 Å². The Kier molecular flexibility index (Phi) is 5.65. The van der Waals surface area contributed by atoms with Gasteiger partial charge in [-0.2, -0.15) is 5.10 Å². The van der Waals surface area contributed by atoms with Crippen LogP contribution in [0.1, 0.15) is 26.2 Å². The van der Waals surface area contributed by atoms with Gasteiger partial charge in [0.2, 0.25) is 5.91 Å². The van der Waals surface area contributed by atoms with Gasteiger partial charge in [0.1, 0.15) is 29.7 Å². The van der Waals surface area contributed by atoms with Crippen LogP contribution in [0, 0.1) is 5.41 Å². The van der Waals surface area contributed by atoms with Gasteiger partial charge in [-0.15, -0.1) is 0 Å². The van der Waals surface area contributed by atoms with Crippen LogP contribution in [0.3, 0.4) is 0 Å². The van der Waals surface area contributed by atoms with E-state index < -0.39 is 0 Å². The van der Waals surface area contributed by atoms with Crippen molar-refractivity contribution >= 4 is 22.6 Å². The Labute approximate surface area is 193 Å². The number of carbonyl (C=O) groups excluding carboxylic acids is 1. The average molecular weight is 451 g/mol. The van der Waals surface area contributed by atoms with Gasteiger partial charge in [0.05, 0.1) is 17.8 Å². The summed E-state index contributed by atoms with van der Waals surface area (Å²) in [7, 11) is 3.57. The predicted molar refractivity (Wildman–Crippen MR) is 125 cm³/mol. The number of H-pyrrole nitrogens is 1. The Bertz CT molecular complexity index is 1150. The van der Waals surface area contributed by atoms with Crippen molar-refractivity contribution in [1.29, 1.82) is 0 Å². The van der Waals surface area contributed by atoms with Gasteiger partial charge in [0, 0.05) is 57.1 Å². The molecule has 5 rings (SSSR count). The number of amides is 1. The van der Waals surface area contributed by atoms with Crippen molar-refractivity contribution < 1.29 is 14.3 Å². The monoisotopic (exact) mass is 450 g/mol. The van der Waals surface area contributed by atoms with Crippen molar-refractivity contribution in [2.24, 2.45) is 5.41 Å². The maximum absolute atomic E-state index is 12.1. The Hall–Kier alpha value is -3.20. The molecule has 3 aromatic rings. The fourth-order valence-corrected chi connectivity index (χ4v) is 5.06. The SMILES string of the molecule is COC[C@H](C)Oc1ccc2[nH]nc(-c3cc(N4CCC5(CC4)CC(=O)N(C)C5)ncn3)c2c1. The average Bonchev–Trinajstić information content (AvgIpc) is 3.34. The molecular formula is C24H30N6O3. The molecule has 33 heavy (non-hydrogen) atoms. The molecule has 2 fully saturated rings. The smallest absolute Gasteiger partial charge is 0.222 e. The van der Waals surface area contributed by atoms with Crippen molar-refractivity contribution in [1.82, 2.24) is 25.1 Å². The lowest BCUT2D eigenvalue weighted by Crippen LogP contribution is -2.41. The van der Waals surface area contributed by atoms with Crippen LogP contribution in [0.25, 0.3) is 22.3 Å². The molecular weight excluding hydrogens is 420 g/mol. The number of fused-ring (bicyclic) bond motifs is 1. The summed E-state index contributed by atoms with van der Waals surface area (Å²) >= 11 is 0. The van der Waals surface area contributed by atoms with Gasteiger partial charge in [-0.05, 0) is 38.0 Å². The lowest BCUT2D eigenvalue weighted by molar-refractivity contribution is -0.126. The van der Waals surface area contributed by atoms with E-state index in [9.17, 15) is 4.79 Å². The number of ether oxygens (including phenoxy) is 2. The molecule has 2 saturated heterocycles. The number of likely N-dealkylation sites (tertiary alicyclic amines) is 1. The van der Waals surface area contributed by atoms with E-state index in [0.29, 0.717) is 13.0 Å². The highest BCUT2D eigenvalue weighted by atomic mass is 16.5. The third-order valence-electron chi connectivity index (χ3n) is 6.84. The summed E-state index contributed by atoms with van der Waals surface area (Å²) in [6, 6.07) is 7.88. The zero-order chi connectivity index (χ0) is 23.0. The summed E-state index contributed by atoms with van der Waals surface area (Å²) in [6.45, 7) is 5.12. The van der Waals surface area contributed by atoms with Crippen LogP contribution in [0.5, 0.6) is 5.75 Å². The Balaban J connectivity index is 1.36. The molecule has 1 spiro atoms. The maximum Gasteiger partial charge on any atom is 0.222 e. The zero-order valence-electron chi connectivity index (χ0n) is 19.4. The van der Waals surface area contributed by atoms with Crippen LogP contribution in [-0.4, -0.2) is 77.5 Å². The fourth-order valence-electron chi connectivity index (χ4n) is 5.06. The third-order valence-corrected chi connectivity index (χ3v) is 6.84. The van der Waals surface area contributed by atoms with Gasteiger partial charge in [-0.3, -0.25) is 9.89 Å². The Morgan fingerprint density at radius 3 is 2.76 bits per heavy atom. The number of aromatic nitrogens is 4. The number of carbonyl (C=O) groups is 1. The standard InChI is InChI=1S/C24H30N6O3/c1-16(13-32-3)33-17-4-5-19-18(10-17)23(28-27-19)20-11-21(26-15-25-20)30-8-6-24(7-9-30)12-22(31)29(2)14-24/h4-5,10-11,15-16H,6-9,12-14H2,1-3H3,(H,27,28)/t16-/m0/s1. The summed E-state index contributed by atoms with van der Waals surface area (Å²) in [5, 5.41) is 8.57. The molecule has 2 aliphatic rings. The molecule has 2 aliphatic heterocycles. The summed E-state index contributed by atoms with van der Waals surface area (Å²) < 4.78 is 11.1. The van der Waals surface area contributed by atoms with Crippen molar-refractivity contribution in [2.75, 3.05) is 45.3 Å². The number of aromatic amines is 1. The highest BCUT2D eigenvalue weighted by Gasteiger charge is 2.43. The van der Waals surface area contributed by atoms with E-state index in [2.05, 4.69) is 25.1 Å². The highest BCUT2D eigenvalue weighted by Crippen LogP contribution is 2.41. The Morgan fingerprint density at radius 2 is 2.03 bits per heavy atom. The maximum atomic E-state index is 12.1. The minimum atomic E-state index is -0.0502. The fraction of sp³-hybridized carbons (Fsp3) is 0.500. The highest BCUT2D eigenvalue weighted by molar-refractivity contribution is 5.93. The molecule has 4 heterocycles. The summed E-state index contributed by atoms with van der Waals surface area (Å²) in [5.41, 5.74) is 2.58. The molecule has 0 unspecified atom stereocenters. The number of benzene rings is 1. The molecule has 2 aromatic heterocycles. The normalized spacial score (nSPS) is 18.9. The van der Waals surface area contributed by atoms with E-state index in [1.54, 1.807) is 13.4 Å². The van der Waals surface area contributed by atoms with Crippen molar-refractivity contribution in [3.05, 3.63) is 30.6 Å². The number of rotatable bonds is 6. The van der Waals surface area contributed by atoms with Crippen molar-refractivity contribution in [3.8, 4) is 17.1 Å². The van der Waals surface area contributed by atoms with Crippen LogP contribution < -0.4 is 9.64 Å².